The third-order valence-corrected chi connectivity index (χ3v) is 7.92. The molecule has 0 aliphatic heterocycles. The van der Waals surface area contributed by atoms with Crippen LogP contribution in [0.25, 0.3) is 0 Å². The molecule has 2 saturated carbocycles. The van der Waals surface area contributed by atoms with Crippen molar-refractivity contribution >= 4 is 23.5 Å². The molecule has 4 amide bonds. The quantitative estimate of drug-likeness (QED) is 0.343. The van der Waals surface area contributed by atoms with Crippen molar-refractivity contribution in [3.63, 3.8) is 0 Å². The number of aryl methyl sites for hydroxylation is 1. The van der Waals surface area contributed by atoms with E-state index in [4.69, 9.17) is 0 Å². The molecule has 2 fully saturated rings. The van der Waals surface area contributed by atoms with Crippen LogP contribution in [0.5, 0.6) is 0 Å². The maximum atomic E-state index is 13.7. The third-order valence-electron chi connectivity index (χ3n) is 7.92. The normalized spacial score (nSPS) is 19.3. The highest BCUT2D eigenvalue weighted by molar-refractivity contribution is 6.01. The van der Waals surface area contributed by atoms with Gasteiger partial charge in [-0.25, -0.2) is 4.79 Å². The lowest BCUT2D eigenvalue weighted by atomic mass is 9.88. The minimum atomic E-state index is -4.48. The van der Waals surface area contributed by atoms with E-state index in [2.05, 4.69) is 21.0 Å². The first-order valence-electron chi connectivity index (χ1n) is 13.9. The van der Waals surface area contributed by atoms with E-state index in [9.17, 15) is 27.6 Å². The van der Waals surface area contributed by atoms with Crippen molar-refractivity contribution in [1.29, 1.82) is 0 Å². The molecule has 0 unspecified atom stereocenters. The number of nitrogens with one attached hydrogen (secondary N) is 4. The number of alkyl halides is 3. The minimum absolute atomic E-state index is 0.00821. The van der Waals surface area contributed by atoms with E-state index in [0.717, 1.165) is 36.8 Å². The smallest absolute Gasteiger partial charge is 0.339 e. The largest absolute Gasteiger partial charge is 0.405 e. The Balaban J connectivity index is 1.28. The van der Waals surface area contributed by atoms with Crippen molar-refractivity contribution in [2.45, 2.75) is 76.7 Å². The first kappa shape index (κ1) is 28.0. The topological polar surface area (TPSA) is 117 Å². The van der Waals surface area contributed by atoms with Crippen LogP contribution in [0.15, 0.2) is 30.5 Å². The van der Waals surface area contributed by atoms with E-state index in [-0.39, 0.29) is 23.8 Å². The Kier molecular flexibility index (Phi) is 7.78. The second kappa shape index (κ2) is 11.1. The summed E-state index contributed by atoms with van der Waals surface area (Å²) in [6.45, 7) is 2.48. The maximum Gasteiger partial charge on any atom is 0.405 e. The van der Waals surface area contributed by atoms with Crippen LogP contribution in [0.4, 0.5) is 23.7 Å². The summed E-state index contributed by atoms with van der Waals surface area (Å²) in [7, 11) is 0. The lowest BCUT2D eigenvalue weighted by Crippen LogP contribution is -2.50. The summed E-state index contributed by atoms with van der Waals surface area (Å²) in [6, 6.07) is 4.99. The summed E-state index contributed by atoms with van der Waals surface area (Å²) < 4.78 is 38.9. The summed E-state index contributed by atoms with van der Waals surface area (Å²) in [5.74, 6) is 0.289. The van der Waals surface area contributed by atoms with Gasteiger partial charge in [0.15, 0.2) is 0 Å². The van der Waals surface area contributed by atoms with E-state index in [1.807, 2.05) is 25.2 Å². The Morgan fingerprint density at radius 2 is 1.75 bits per heavy atom. The second-order valence-corrected chi connectivity index (χ2v) is 11.4. The summed E-state index contributed by atoms with van der Waals surface area (Å²) >= 11 is 0. The molecule has 5 rings (SSSR count). The summed E-state index contributed by atoms with van der Waals surface area (Å²) in [5.41, 5.74) is 2.69. The first-order valence-corrected chi connectivity index (χ1v) is 13.9. The fourth-order valence-electron chi connectivity index (χ4n) is 5.80. The SMILES string of the molecule is CC(C)n1nccc1C(=O)N[C@H](C(=O)Nc1ccc2c(c1)CC[C@H]2NC(=O)NCC(F)(F)F)C(C1CC1)C1CC1. The molecular weight excluding hydrogens is 525 g/mol. The van der Waals surface area contributed by atoms with Gasteiger partial charge >= 0.3 is 12.2 Å². The molecule has 0 spiro atoms. The highest BCUT2D eigenvalue weighted by Gasteiger charge is 2.48. The fourth-order valence-corrected chi connectivity index (χ4v) is 5.80. The van der Waals surface area contributed by atoms with E-state index >= 15 is 0 Å². The molecule has 40 heavy (non-hydrogen) atoms. The van der Waals surface area contributed by atoms with Crippen molar-refractivity contribution < 1.29 is 27.6 Å². The van der Waals surface area contributed by atoms with Gasteiger partial charge in [-0.05, 0) is 99.5 Å². The highest BCUT2D eigenvalue weighted by Crippen LogP contribution is 2.51. The number of anilines is 1. The van der Waals surface area contributed by atoms with Crippen LogP contribution in [0.3, 0.4) is 0 Å². The molecule has 1 aromatic heterocycles. The van der Waals surface area contributed by atoms with Gasteiger partial charge in [-0.2, -0.15) is 18.3 Å². The third kappa shape index (κ3) is 6.59. The van der Waals surface area contributed by atoms with Gasteiger partial charge in [-0.15, -0.1) is 0 Å². The molecule has 1 aromatic carbocycles. The number of urea groups is 1. The van der Waals surface area contributed by atoms with Crippen molar-refractivity contribution in [3.8, 4) is 0 Å². The second-order valence-electron chi connectivity index (χ2n) is 11.4. The van der Waals surface area contributed by atoms with Gasteiger partial charge in [-0.1, -0.05) is 6.07 Å². The average molecular weight is 561 g/mol. The first-order chi connectivity index (χ1) is 19.0. The van der Waals surface area contributed by atoms with Gasteiger partial charge in [0.2, 0.25) is 5.91 Å². The Morgan fingerprint density at radius 3 is 2.38 bits per heavy atom. The standard InChI is InChI=1S/C28H35F3N6O3/c1-15(2)37-22(11-12-33-37)25(38)36-24(23(16-3-4-16)17-5-6-17)26(39)34-19-8-9-20-18(13-19)7-10-21(20)35-27(40)32-14-28(29,30)31/h8-9,11-13,15-17,21,23-24H,3-7,10,14H2,1-2H3,(H,34,39)(H,36,38)(H2,32,35,40)/t21-,24+/m1/s1. The Hall–Kier alpha value is -3.57. The number of carbonyl (C=O) groups excluding carboxylic acids is 3. The van der Waals surface area contributed by atoms with E-state index < -0.39 is 30.8 Å². The molecule has 3 aliphatic carbocycles. The lowest BCUT2D eigenvalue weighted by molar-refractivity contribution is -0.123. The number of amides is 4. The number of hydrogen-bond donors (Lipinski definition) is 4. The van der Waals surface area contributed by atoms with Crippen molar-refractivity contribution in [2.75, 3.05) is 11.9 Å². The average Bonchev–Trinajstić information content (AvgIpc) is 3.82. The molecule has 1 heterocycles. The molecule has 3 aliphatic rings. The Morgan fingerprint density at radius 1 is 1.05 bits per heavy atom. The van der Waals surface area contributed by atoms with Gasteiger partial charge in [0.25, 0.3) is 5.91 Å². The van der Waals surface area contributed by atoms with Crippen molar-refractivity contribution in [3.05, 3.63) is 47.3 Å². The number of fused-ring (bicyclic) bond motifs is 1. The number of hydrogen-bond acceptors (Lipinski definition) is 4. The van der Waals surface area contributed by atoms with E-state index in [1.165, 1.54) is 0 Å². The molecular formula is C28H35F3N6O3. The fraction of sp³-hybridized carbons (Fsp3) is 0.571. The molecule has 9 nitrogen and oxygen atoms in total. The molecule has 4 N–H and O–H groups in total. The predicted octanol–water partition coefficient (Wildman–Crippen LogP) is 4.49. The summed E-state index contributed by atoms with van der Waals surface area (Å²) in [6.07, 6.45) is 2.44. The van der Waals surface area contributed by atoms with E-state index in [0.29, 0.717) is 36.1 Å². The number of aromatic nitrogens is 2. The van der Waals surface area contributed by atoms with Gasteiger partial charge in [-0.3, -0.25) is 14.3 Å². The van der Waals surface area contributed by atoms with Gasteiger partial charge in [0.1, 0.15) is 18.3 Å². The van der Waals surface area contributed by atoms with Crippen molar-refractivity contribution in [2.24, 2.45) is 17.8 Å². The zero-order valence-corrected chi connectivity index (χ0v) is 22.6. The van der Waals surface area contributed by atoms with Crippen LogP contribution in [0, 0.1) is 17.8 Å². The highest BCUT2D eigenvalue weighted by atomic mass is 19.4. The minimum Gasteiger partial charge on any atom is -0.339 e. The van der Waals surface area contributed by atoms with Crippen LogP contribution in [-0.4, -0.2) is 46.4 Å². The monoisotopic (exact) mass is 560 g/mol. The zero-order valence-electron chi connectivity index (χ0n) is 22.6. The number of carbonyl (C=O) groups is 3. The van der Waals surface area contributed by atoms with Gasteiger partial charge in [0.05, 0.1) is 6.04 Å². The Labute approximate surface area is 230 Å². The molecule has 2 aromatic rings. The molecule has 12 heteroatoms. The predicted molar refractivity (Wildman–Crippen MR) is 142 cm³/mol. The number of nitrogens with zero attached hydrogens (tertiary/aromatic N) is 2. The zero-order chi connectivity index (χ0) is 28.6. The number of halogens is 3. The van der Waals surface area contributed by atoms with E-state index in [1.54, 1.807) is 29.1 Å². The van der Waals surface area contributed by atoms with Crippen molar-refractivity contribution in [1.82, 2.24) is 25.7 Å². The van der Waals surface area contributed by atoms with Gasteiger partial charge in [0, 0.05) is 17.9 Å². The molecule has 216 valence electrons. The molecule has 0 radical (unpaired) electrons. The van der Waals surface area contributed by atoms with Crippen LogP contribution in [-0.2, 0) is 11.2 Å². The molecule has 2 atom stereocenters. The summed E-state index contributed by atoms with van der Waals surface area (Å²) in [4.78, 5) is 39.0. The maximum absolute atomic E-state index is 13.7. The van der Waals surface area contributed by atoms with Crippen LogP contribution in [0.2, 0.25) is 0 Å². The lowest BCUT2D eigenvalue weighted by Gasteiger charge is -2.28. The Bertz CT molecular complexity index is 1260. The number of benzene rings is 1. The van der Waals surface area contributed by atoms with Crippen LogP contribution in [0.1, 0.15) is 79.7 Å². The summed E-state index contributed by atoms with van der Waals surface area (Å²) in [5, 5.41) is 14.7. The van der Waals surface area contributed by atoms with Crippen LogP contribution >= 0.6 is 0 Å². The van der Waals surface area contributed by atoms with Crippen LogP contribution < -0.4 is 21.3 Å². The van der Waals surface area contributed by atoms with Gasteiger partial charge < -0.3 is 21.3 Å². The molecule has 0 bridgehead atoms. The molecule has 0 saturated heterocycles. The number of rotatable bonds is 10.